The fraction of sp³-hybridized carbons (Fsp3) is 0.400. The van der Waals surface area contributed by atoms with Crippen molar-refractivity contribution in [3.63, 3.8) is 0 Å². The summed E-state index contributed by atoms with van der Waals surface area (Å²) in [5.74, 6) is 0.951. The van der Waals surface area contributed by atoms with E-state index >= 15 is 0 Å². The van der Waals surface area contributed by atoms with Crippen molar-refractivity contribution >= 4 is 0 Å². The second-order valence-corrected chi connectivity index (χ2v) is 6.72. The van der Waals surface area contributed by atoms with Crippen LogP contribution in [0.25, 0.3) is 0 Å². The van der Waals surface area contributed by atoms with Gasteiger partial charge in [0.25, 0.3) is 0 Å². The smallest absolute Gasteiger partial charge is 0.231 e. The molecule has 2 aromatic rings. The summed E-state index contributed by atoms with van der Waals surface area (Å²) < 4.78 is 15.7. The molecule has 4 N–H and O–H groups in total. The molecule has 0 unspecified atom stereocenters. The Morgan fingerprint density at radius 2 is 1.81 bits per heavy atom. The molecule has 7 heteroatoms. The summed E-state index contributed by atoms with van der Waals surface area (Å²) >= 11 is 0. The van der Waals surface area contributed by atoms with E-state index in [9.17, 15) is 20.4 Å². The molecule has 1 aliphatic heterocycles. The molecule has 2 atom stereocenters. The number of ether oxygens (including phenoxy) is 3. The van der Waals surface area contributed by atoms with Gasteiger partial charge < -0.3 is 34.6 Å². The molecule has 0 spiro atoms. The summed E-state index contributed by atoms with van der Waals surface area (Å²) in [5.41, 5.74) is -0.0218. The summed E-state index contributed by atoms with van der Waals surface area (Å²) in [6.45, 7) is -0.655. The second kappa shape index (κ2) is 8.04. The zero-order valence-corrected chi connectivity index (χ0v) is 15.1. The summed E-state index contributed by atoms with van der Waals surface area (Å²) in [6.07, 6.45) is 0.440. The van der Waals surface area contributed by atoms with Gasteiger partial charge in [-0.05, 0) is 41.8 Å². The summed E-state index contributed by atoms with van der Waals surface area (Å²) in [4.78, 5) is 0. The summed E-state index contributed by atoms with van der Waals surface area (Å²) in [5, 5.41) is 40.5. The molecular weight excluding hydrogens is 352 g/mol. The van der Waals surface area contributed by atoms with Gasteiger partial charge >= 0.3 is 0 Å². The topological polar surface area (TPSA) is 109 Å². The van der Waals surface area contributed by atoms with Gasteiger partial charge in [-0.1, -0.05) is 12.1 Å². The van der Waals surface area contributed by atoms with Crippen LogP contribution in [0.1, 0.15) is 11.1 Å². The largest absolute Gasteiger partial charge is 0.504 e. The van der Waals surface area contributed by atoms with Crippen molar-refractivity contribution in [1.29, 1.82) is 0 Å². The van der Waals surface area contributed by atoms with Gasteiger partial charge in [-0.15, -0.1) is 0 Å². The minimum absolute atomic E-state index is 0.00661. The Hall–Kier alpha value is -2.48. The van der Waals surface area contributed by atoms with E-state index in [1.807, 2.05) is 12.1 Å². The molecule has 0 amide bonds. The van der Waals surface area contributed by atoms with Crippen molar-refractivity contribution in [2.75, 3.05) is 27.1 Å². The summed E-state index contributed by atoms with van der Waals surface area (Å²) in [7, 11) is 1.44. The van der Waals surface area contributed by atoms with E-state index in [-0.39, 0.29) is 31.3 Å². The maximum atomic E-state index is 11.1. The Bertz CT molecular complexity index is 792. The zero-order valence-electron chi connectivity index (χ0n) is 15.1. The van der Waals surface area contributed by atoms with Crippen LogP contribution in [-0.4, -0.2) is 53.1 Å². The fourth-order valence-electron chi connectivity index (χ4n) is 3.29. The third-order valence-electron chi connectivity index (χ3n) is 4.93. The first kappa shape index (κ1) is 19.3. The Balaban J connectivity index is 1.80. The molecule has 0 fully saturated rings. The Morgan fingerprint density at radius 1 is 1.07 bits per heavy atom. The summed E-state index contributed by atoms with van der Waals surface area (Å²) in [6, 6.07) is 10.2. The van der Waals surface area contributed by atoms with Crippen LogP contribution in [0.15, 0.2) is 36.4 Å². The van der Waals surface area contributed by atoms with E-state index < -0.39 is 18.1 Å². The van der Waals surface area contributed by atoms with E-state index in [1.54, 1.807) is 18.2 Å². The molecule has 2 aromatic carbocycles. The highest BCUT2D eigenvalue weighted by Gasteiger charge is 2.36. The second-order valence-electron chi connectivity index (χ2n) is 6.72. The normalized spacial score (nSPS) is 16.0. The maximum absolute atomic E-state index is 11.1. The molecule has 0 saturated heterocycles. The molecule has 0 aliphatic carbocycles. The van der Waals surface area contributed by atoms with Gasteiger partial charge in [0.2, 0.25) is 6.79 Å². The van der Waals surface area contributed by atoms with E-state index in [0.29, 0.717) is 23.5 Å². The van der Waals surface area contributed by atoms with Crippen molar-refractivity contribution in [3.05, 3.63) is 47.5 Å². The van der Waals surface area contributed by atoms with Gasteiger partial charge in [-0.25, -0.2) is 0 Å². The number of aromatic hydroxyl groups is 1. The number of phenols is 1. The number of phenolic OH excluding ortho intramolecular Hbond substituents is 1. The molecule has 146 valence electrons. The number of hydrogen-bond donors (Lipinski definition) is 4. The third kappa shape index (κ3) is 4.10. The molecule has 3 rings (SSSR count). The number of aliphatic hydroxyl groups excluding tert-OH is 2. The van der Waals surface area contributed by atoms with Crippen LogP contribution in [-0.2, 0) is 12.8 Å². The van der Waals surface area contributed by atoms with Crippen molar-refractivity contribution < 1.29 is 34.6 Å². The van der Waals surface area contributed by atoms with Crippen LogP contribution in [0.4, 0.5) is 0 Å². The molecule has 0 radical (unpaired) electrons. The van der Waals surface area contributed by atoms with Crippen LogP contribution < -0.4 is 14.2 Å². The number of rotatable bonds is 8. The maximum Gasteiger partial charge on any atom is 0.231 e. The number of aliphatic hydroxyl groups is 3. The van der Waals surface area contributed by atoms with Crippen LogP contribution >= 0.6 is 0 Å². The number of hydrogen-bond acceptors (Lipinski definition) is 7. The highest BCUT2D eigenvalue weighted by Crippen LogP contribution is 2.35. The first-order chi connectivity index (χ1) is 13.0. The Labute approximate surface area is 157 Å². The average molecular weight is 376 g/mol. The Morgan fingerprint density at radius 3 is 2.52 bits per heavy atom. The standard InChI is InChI=1S/C20H24O7/c1-25-18-8-14(2-4-16(18)23)9-20(24,11-22)15(10-21)6-13-3-5-17-19(7-13)27-12-26-17/h2-5,7-8,15,21-24H,6,9-12H2,1H3/t15-,20+/m0/s1. The van der Waals surface area contributed by atoms with Gasteiger partial charge in [0.1, 0.15) is 0 Å². The van der Waals surface area contributed by atoms with E-state index in [0.717, 1.165) is 5.56 Å². The molecule has 0 saturated carbocycles. The number of benzene rings is 2. The first-order valence-electron chi connectivity index (χ1n) is 8.67. The van der Waals surface area contributed by atoms with Crippen LogP contribution in [0.5, 0.6) is 23.0 Å². The van der Waals surface area contributed by atoms with Crippen LogP contribution in [0.2, 0.25) is 0 Å². The molecular formula is C20H24O7. The van der Waals surface area contributed by atoms with Gasteiger partial charge in [0.15, 0.2) is 23.0 Å². The molecule has 7 nitrogen and oxygen atoms in total. The molecule has 1 aliphatic rings. The monoisotopic (exact) mass is 376 g/mol. The van der Waals surface area contributed by atoms with E-state index in [1.165, 1.54) is 13.2 Å². The van der Waals surface area contributed by atoms with Gasteiger partial charge in [0.05, 0.1) is 19.3 Å². The lowest BCUT2D eigenvalue weighted by Crippen LogP contribution is -2.46. The lowest BCUT2D eigenvalue weighted by Gasteiger charge is -2.34. The predicted molar refractivity (Wildman–Crippen MR) is 97.2 cm³/mol. The van der Waals surface area contributed by atoms with Crippen molar-refractivity contribution in [2.45, 2.75) is 18.4 Å². The SMILES string of the molecule is COc1cc(C[C@@](O)(CO)[C@H](CO)Cc2ccc3c(c2)OCO3)ccc1O. The van der Waals surface area contributed by atoms with Gasteiger partial charge in [-0.2, -0.15) is 0 Å². The minimum Gasteiger partial charge on any atom is -0.504 e. The highest BCUT2D eigenvalue weighted by atomic mass is 16.7. The Kier molecular flexibility index (Phi) is 5.74. The fourth-order valence-corrected chi connectivity index (χ4v) is 3.29. The first-order valence-corrected chi connectivity index (χ1v) is 8.67. The van der Waals surface area contributed by atoms with E-state index in [4.69, 9.17) is 14.2 Å². The average Bonchev–Trinajstić information content (AvgIpc) is 3.15. The molecule has 0 bridgehead atoms. The minimum atomic E-state index is -1.55. The zero-order chi connectivity index (χ0) is 19.4. The van der Waals surface area contributed by atoms with Crippen molar-refractivity contribution in [2.24, 2.45) is 5.92 Å². The van der Waals surface area contributed by atoms with Gasteiger partial charge in [0, 0.05) is 18.9 Å². The number of methoxy groups -OCH3 is 1. The third-order valence-corrected chi connectivity index (χ3v) is 4.93. The quantitative estimate of drug-likeness (QED) is 0.549. The lowest BCUT2D eigenvalue weighted by atomic mass is 9.79. The van der Waals surface area contributed by atoms with Crippen LogP contribution in [0.3, 0.4) is 0 Å². The molecule has 0 aromatic heterocycles. The predicted octanol–water partition coefficient (Wildman–Crippen LogP) is 1.25. The molecule has 1 heterocycles. The van der Waals surface area contributed by atoms with E-state index in [2.05, 4.69) is 0 Å². The van der Waals surface area contributed by atoms with Crippen molar-refractivity contribution in [1.82, 2.24) is 0 Å². The van der Waals surface area contributed by atoms with Gasteiger partial charge in [-0.3, -0.25) is 0 Å². The molecule has 27 heavy (non-hydrogen) atoms. The lowest BCUT2D eigenvalue weighted by molar-refractivity contribution is -0.0764. The number of fused-ring (bicyclic) bond motifs is 1. The highest BCUT2D eigenvalue weighted by molar-refractivity contribution is 5.45. The van der Waals surface area contributed by atoms with Crippen LogP contribution in [0, 0.1) is 5.92 Å². The van der Waals surface area contributed by atoms with Crippen molar-refractivity contribution in [3.8, 4) is 23.0 Å².